The zero-order chi connectivity index (χ0) is 13.0. The maximum Gasteiger partial charge on any atom is 0.134 e. The van der Waals surface area contributed by atoms with E-state index in [-0.39, 0.29) is 6.04 Å². The molecule has 0 aliphatic rings. The van der Waals surface area contributed by atoms with Gasteiger partial charge in [-0.2, -0.15) is 0 Å². The van der Waals surface area contributed by atoms with E-state index in [4.69, 9.17) is 10.5 Å². The molecule has 96 valence electrons. The lowest BCUT2D eigenvalue weighted by Gasteiger charge is -2.10. The number of halogens is 1. The van der Waals surface area contributed by atoms with E-state index < -0.39 is 0 Å². The summed E-state index contributed by atoms with van der Waals surface area (Å²) in [6.07, 6.45) is 0.879. The first kappa shape index (κ1) is 13.6. The molecule has 0 saturated carbocycles. The topological polar surface area (TPSA) is 35.2 Å². The molecule has 1 atom stereocenters. The lowest BCUT2D eigenvalue weighted by atomic mass is 10.1. The molecule has 1 aromatic heterocycles. The summed E-state index contributed by atoms with van der Waals surface area (Å²) in [4.78, 5) is 1.22. The molecule has 0 bridgehead atoms. The second-order valence-corrected chi connectivity index (χ2v) is 6.20. The zero-order valence-electron chi connectivity index (χ0n) is 10.2. The molecule has 0 saturated heterocycles. The lowest BCUT2D eigenvalue weighted by Crippen LogP contribution is -2.17. The van der Waals surface area contributed by atoms with Crippen LogP contribution in [0.2, 0.25) is 0 Å². The Morgan fingerprint density at radius 3 is 2.83 bits per heavy atom. The highest BCUT2D eigenvalue weighted by atomic mass is 79.9. The minimum Gasteiger partial charge on any atom is -0.487 e. The molecule has 2 rings (SSSR count). The van der Waals surface area contributed by atoms with Crippen LogP contribution in [-0.2, 0) is 13.0 Å². The normalized spacial score (nSPS) is 12.4. The Hall–Kier alpha value is -0.840. The third-order valence-electron chi connectivity index (χ3n) is 2.50. The summed E-state index contributed by atoms with van der Waals surface area (Å²) in [6.45, 7) is 2.62. The van der Waals surface area contributed by atoms with Crippen LogP contribution in [0, 0.1) is 0 Å². The van der Waals surface area contributed by atoms with E-state index in [2.05, 4.69) is 39.5 Å². The molecule has 0 aliphatic heterocycles. The van der Waals surface area contributed by atoms with E-state index in [1.807, 2.05) is 19.1 Å². The molecule has 0 radical (unpaired) electrons. The molecular weight excluding hydrogens is 310 g/mol. The van der Waals surface area contributed by atoms with Gasteiger partial charge in [0.15, 0.2) is 0 Å². The highest BCUT2D eigenvalue weighted by molar-refractivity contribution is 9.10. The van der Waals surface area contributed by atoms with Crippen LogP contribution in [0.25, 0.3) is 0 Å². The average Bonchev–Trinajstić information content (AvgIpc) is 2.80. The van der Waals surface area contributed by atoms with E-state index in [1.54, 1.807) is 11.3 Å². The fraction of sp³-hybridized carbons (Fsp3) is 0.286. The van der Waals surface area contributed by atoms with Crippen LogP contribution >= 0.6 is 27.3 Å². The van der Waals surface area contributed by atoms with Gasteiger partial charge >= 0.3 is 0 Å². The smallest absolute Gasteiger partial charge is 0.134 e. The predicted molar refractivity (Wildman–Crippen MR) is 80.1 cm³/mol. The summed E-state index contributed by atoms with van der Waals surface area (Å²) >= 11 is 5.24. The van der Waals surface area contributed by atoms with Gasteiger partial charge in [-0.3, -0.25) is 0 Å². The predicted octanol–water partition coefficient (Wildman–Crippen LogP) is 3.98. The van der Waals surface area contributed by atoms with Gasteiger partial charge in [-0.1, -0.05) is 12.1 Å². The van der Waals surface area contributed by atoms with Gasteiger partial charge in [0.25, 0.3) is 0 Å². The van der Waals surface area contributed by atoms with Crippen molar-refractivity contribution in [2.75, 3.05) is 0 Å². The number of ether oxygens (including phenoxy) is 1. The van der Waals surface area contributed by atoms with Gasteiger partial charge in [-0.25, -0.2) is 0 Å². The summed E-state index contributed by atoms with van der Waals surface area (Å²) in [6, 6.07) is 10.4. The highest BCUT2D eigenvalue weighted by Gasteiger charge is 2.05. The van der Waals surface area contributed by atoms with Crippen molar-refractivity contribution in [1.29, 1.82) is 0 Å². The SMILES string of the molecule is CC(N)Cc1ccc(OCc2cccs2)c(Br)c1. The molecule has 0 aliphatic carbocycles. The van der Waals surface area contributed by atoms with Crippen LogP contribution in [-0.4, -0.2) is 6.04 Å². The van der Waals surface area contributed by atoms with Crippen molar-refractivity contribution in [3.8, 4) is 5.75 Å². The van der Waals surface area contributed by atoms with Crippen molar-refractivity contribution in [2.24, 2.45) is 5.73 Å². The van der Waals surface area contributed by atoms with Gasteiger partial charge in [-0.05, 0) is 58.4 Å². The van der Waals surface area contributed by atoms with Crippen LogP contribution < -0.4 is 10.5 Å². The number of hydrogen-bond acceptors (Lipinski definition) is 3. The van der Waals surface area contributed by atoms with Crippen molar-refractivity contribution in [1.82, 2.24) is 0 Å². The zero-order valence-corrected chi connectivity index (χ0v) is 12.6. The Morgan fingerprint density at radius 2 is 2.22 bits per heavy atom. The van der Waals surface area contributed by atoms with Crippen molar-refractivity contribution in [3.63, 3.8) is 0 Å². The highest BCUT2D eigenvalue weighted by Crippen LogP contribution is 2.27. The second-order valence-electron chi connectivity index (χ2n) is 4.31. The third kappa shape index (κ3) is 3.83. The Morgan fingerprint density at radius 1 is 1.39 bits per heavy atom. The van der Waals surface area contributed by atoms with Gasteiger partial charge in [0.2, 0.25) is 0 Å². The molecule has 1 unspecified atom stereocenters. The lowest BCUT2D eigenvalue weighted by molar-refractivity contribution is 0.307. The summed E-state index contributed by atoms with van der Waals surface area (Å²) in [5, 5.41) is 2.06. The molecule has 2 nitrogen and oxygen atoms in total. The maximum absolute atomic E-state index is 5.79. The average molecular weight is 326 g/mol. The van der Waals surface area contributed by atoms with Gasteiger partial charge in [0, 0.05) is 10.9 Å². The summed E-state index contributed by atoms with van der Waals surface area (Å²) < 4.78 is 6.76. The van der Waals surface area contributed by atoms with Crippen LogP contribution in [0.15, 0.2) is 40.2 Å². The number of rotatable bonds is 5. The van der Waals surface area contributed by atoms with Crippen molar-refractivity contribution >= 4 is 27.3 Å². The molecule has 4 heteroatoms. The van der Waals surface area contributed by atoms with E-state index in [0.717, 1.165) is 16.6 Å². The number of benzene rings is 1. The first-order valence-corrected chi connectivity index (χ1v) is 7.51. The first-order valence-electron chi connectivity index (χ1n) is 5.84. The number of hydrogen-bond donors (Lipinski definition) is 1. The number of nitrogens with two attached hydrogens (primary N) is 1. The minimum atomic E-state index is 0.176. The molecule has 2 aromatic rings. The molecule has 0 spiro atoms. The van der Waals surface area contributed by atoms with E-state index >= 15 is 0 Å². The van der Waals surface area contributed by atoms with Crippen molar-refractivity contribution in [2.45, 2.75) is 26.0 Å². The fourth-order valence-corrected chi connectivity index (χ4v) is 2.86. The molecule has 0 amide bonds. The Bertz CT molecular complexity index is 497. The first-order chi connectivity index (χ1) is 8.65. The fourth-order valence-electron chi connectivity index (χ4n) is 1.70. The van der Waals surface area contributed by atoms with Crippen molar-refractivity contribution < 1.29 is 4.74 Å². The second kappa shape index (κ2) is 6.36. The molecule has 1 aromatic carbocycles. The summed E-state index contributed by atoms with van der Waals surface area (Å²) in [7, 11) is 0. The molecule has 2 N–H and O–H groups in total. The van der Waals surface area contributed by atoms with E-state index in [9.17, 15) is 0 Å². The summed E-state index contributed by atoms with van der Waals surface area (Å²) in [5.74, 6) is 0.872. The Labute approximate surface area is 120 Å². The van der Waals surface area contributed by atoms with Crippen LogP contribution in [0.4, 0.5) is 0 Å². The molecule has 1 heterocycles. The third-order valence-corrected chi connectivity index (χ3v) is 3.97. The van der Waals surface area contributed by atoms with Crippen molar-refractivity contribution in [3.05, 3.63) is 50.6 Å². The number of thiophene rings is 1. The quantitative estimate of drug-likeness (QED) is 0.902. The van der Waals surface area contributed by atoms with Gasteiger partial charge < -0.3 is 10.5 Å². The van der Waals surface area contributed by atoms with Crippen LogP contribution in [0.1, 0.15) is 17.4 Å². The monoisotopic (exact) mass is 325 g/mol. The van der Waals surface area contributed by atoms with Crippen LogP contribution in [0.3, 0.4) is 0 Å². The summed E-state index contributed by atoms with van der Waals surface area (Å²) in [5.41, 5.74) is 7.01. The molecule has 18 heavy (non-hydrogen) atoms. The van der Waals surface area contributed by atoms with Gasteiger partial charge in [0.1, 0.15) is 12.4 Å². The van der Waals surface area contributed by atoms with E-state index in [0.29, 0.717) is 6.61 Å². The molecule has 0 fully saturated rings. The van der Waals surface area contributed by atoms with E-state index in [1.165, 1.54) is 10.4 Å². The standard InChI is InChI=1S/C14H16BrNOS/c1-10(16)7-11-4-5-14(13(15)8-11)17-9-12-3-2-6-18-12/h2-6,8,10H,7,9,16H2,1H3. The molecular formula is C14H16BrNOS. The van der Waals surface area contributed by atoms with Gasteiger partial charge in [0.05, 0.1) is 4.47 Å². The largest absolute Gasteiger partial charge is 0.487 e. The maximum atomic E-state index is 5.79. The van der Waals surface area contributed by atoms with Gasteiger partial charge in [-0.15, -0.1) is 11.3 Å². The van der Waals surface area contributed by atoms with Crippen LogP contribution in [0.5, 0.6) is 5.75 Å². The Kier molecular flexibility index (Phi) is 4.80. The minimum absolute atomic E-state index is 0.176. The Balaban J connectivity index is 2.01.